The summed E-state index contributed by atoms with van der Waals surface area (Å²) in [5.74, 6) is -0.736. The van der Waals surface area contributed by atoms with E-state index in [2.05, 4.69) is 20.8 Å². The second-order valence-electron chi connectivity index (χ2n) is 6.96. The highest BCUT2D eigenvalue weighted by Crippen LogP contribution is 2.26. The van der Waals surface area contributed by atoms with Gasteiger partial charge in [0.2, 0.25) is 11.8 Å². The lowest BCUT2D eigenvalue weighted by Gasteiger charge is -2.20. The number of nitrogens with zero attached hydrogens (tertiary/aromatic N) is 2. The van der Waals surface area contributed by atoms with E-state index in [9.17, 15) is 14.0 Å². The molecule has 1 aromatic carbocycles. The quantitative estimate of drug-likeness (QED) is 0.544. The van der Waals surface area contributed by atoms with E-state index in [0.29, 0.717) is 16.8 Å². The normalized spacial score (nSPS) is 22.4. The summed E-state index contributed by atoms with van der Waals surface area (Å²) in [5.41, 5.74) is 1.36. The Hall–Kier alpha value is -1.93. The summed E-state index contributed by atoms with van der Waals surface area (Å²) in [5, 5.41) is 13.5. The van der Waals surface area contributed by atoms with Crippen LogP contribution in [0.2, 0.25) is 5.02 Å². The Morgan fingerprint density at radius 1 is 1.36 bits per heavy atom. The maximum absolute atomic E-state index is 13.2. The fraction of sp³-hybridized carbons (Fsp3) is 0.474. The maximum atomic E-state index is 13.2. The Morgan fingerprint density at radius 2 is 2.11 bits per heavy atom. The Kier molecular flexibility index (Phi) is 7.07. The molecule has 3 rings (SSSR count). The molecule has 0 bridgehead atoms. The Morgan fingerprint density at radius 3 is 2.82 bits per heavy atom. The highest BCUT2D eigenvalue weighted by molar-refractivity contribution is 8.15. The average Bonchev–Trinajstić information content (AvgIpc) is 3.02. The van der Waals surface area contributed by atoms with Gasteiger partial charge in [-0.25, -0.2) is 4.39 Å². The average molecular weight is 425 g/mol. The van der Waals surface area contributed by atoms with Crippen LogP contribution in [0.1, 0.15) is 45.4 Å². The van der Waals surface area contributed by atoms with Gasteiger partial charge < -0.3 is 10.6 Å². The van der Waals surface area contributed by atoms with Crippen LogP contribution in [0.15, 0.2) is 28.4 Å². The number of amides is 2. The first-order valence-corrected chi connectivity index (χ1v) is 10.5. The topological polar surface area (TPSA) is 82.9 Å². The Balaban J connectivity index is 1.54. The predicted octanol–water partition coefficient (Wildman–Crippen LogP) is 4.35. The standard InChI is InChI=1S/C19H22ClFN4O2S/c1-11(12-5-3-2-4-6-12)24-25-19-23-18(27)16(28-19)10-17(26)22-13-7-8-15(21)14(20)9-13/h7-9,12,16H,2-6,10H2,1H3,(H,22,26)(H,23,25,27)/t16-/m0/s1. The summed E-state index contributed by atoms with van der Waals surface area (Å²) < 4.78 is 13.2. The van der Waals surface area contributed by atoms with Crippen molar-refractivity contribution in [3.05, 3.63) is 29.0 Å². The lowest BCUT2D eigenvalue weighted by Crippen LogP contribution is -2.28. The van der Waals surface area contributed by atoms with E-state index < -0.39 is 11.1 Å². The van der Waals surface area contributed by atoms with Crippen molar-refractivity contribution in [3.63, 3.8) is 0 Å². The van der Waals surface area contributed by atoms with E-state index in [1.54, 1.807) is 0 Å². The third kappa shape index (κ3) is 5.54. The summed E-state index contributed by atoms with van der Waals surface area (Å²) in [6, 6.07) is 3.91. The van der Waals surface area contributed by atoms with Crippen molar-refractivity contribution in [3.8, 4) is 0 Å². The number of thioether (sulfide) groups is 1. The minimum atomic E-state index is -0.583. The first kappa shape index (κ1) is 20.8. The van der Waals surface area contributed by atoms with Gasteiger partial charge in [-0.1, -0.05) is 42.6 Å². The first-order valence-electron chi connectivity index (χ1n) is 9.27. The van der Waals surface area contributed by atoms with Gasteiger partial charge in [-0.05, 0) is 43.9 Å². The molecule has 1 aliphatic carbocycles. The van der Waals surface area contributed by atoms with Crippen molar-refractivity contribution in [2.24, 2.45) is 16.1 Å². The van der Waals surface area contributed by atoms with Crippen molar-refractivity contribution in [2.45, 2.75) is 50.7 Å². The number of hydrogen-bond acceptors (Lipinski definition) is 5. The van der Waals surface area contributed by atoms with Crippen molar-refractivity contribution in [2.75, 3.05) is 5.32 Å². The van der Waals surface area contributed by atoms with E-state index in [0.717, 1.165) is 18.6 Å². The molecule has 1 saturated heterocycles. The number of amidine groups is 1. The van der Waals surface area contributed by atoms with Crippen LogP contribution in [0, 0.1) is 11.7 Å². The van der Waals surface area contributed by atoms with Gasteiger partial charge in [-0.2, -0.15) is 5.10 Å². The molecule has 6 nitrogen and oxygen atoms in total. The van der Waals surface area contributed by atoms with Crippen LogP contribution in [0.25, 0.3) is 0 Å². The third-order valence-electron chi connectivity index (χ3n) is 4.85. The van der Waals surface area contributed by atoms with Gasteiger partial charge in [0.05, 0.1) is 5.02 Å². The summed E-state index contributed by atoms with van der Waals surface area (Å²) in [4.78, 5) is 24.3. The van der Waals surface area contributed by atoms with Gasteiger partial charge in [0.25, 0.3) is 0 Å². The summed E-state index contributed by atoms with van der Waals surface area (Å²) in [6.07, 6.45) is 5.95. The van der Waals surface area contributed by atoms with Gasteiger partial charge >= 0.3 is 0 Å². The van der Waals surface area contributed by atoms with Gasteiger partial charge in [0.15, 0.2) is 5.17 Å². The molecule has 2 amide bonds. The van der Waals surface area contributed by atoms with Crippen LogP contribution in [-0.2, 0) is 9.59 Å². The summed E-state index contributed by atoms with van der Waals surface area (Å²) in [6.45, 7) is 1.97. The fourth-order valence-corrected chi connectivity index (χ4v) is 4.37. The number of nitrogens with one attached hydrogen (secondary N) is 2. The second kappa shape index (κ2) is 9.52. The van der Waals surface area contributed by atoms with Gasteiger partial charge in [-0.15, -0.1) is 5.10 Å². The van der Waals surface area contributed by atoms with E-state index in [1.165, 1.54) is 49.2 Å². The monoisotopic (exact) mass is 424 g/mol. The minimum Gasteiger partial charge on any atom is -0.326 e. The number of benzene rings is 1. The highest BCUT2D eigenvalue weighted by Gasteiger charge is 2.32. The highest BCUT2D eigenvalue weighted by atomic mass is 35.5. The minimum absolute atomic E-state index is 0.0319. The molecule has 2 fully saturated rings. The molecule has 28 heavy (non-hydrogen) atoms. The molecule has 1 aromatic rings. The largest absolute Gasteiger partial charge is 0.326 e. The molecule has 1 aliphatic heterocycles. The number of anilines is 1. The molecule has 1 heterocycles. The van der Waals surface area contributed by atoms with Crippen molar-refractivity contribution in [1.29, 1.82) is 0 Å². The van der Waals surface area contributed by atoms with E-state index in [-0.39, 0.29) is 23.3 Å². The molecular formula is C19H22ClFN4O2S. The number of rotatable bonds is 5. The zero-order valence-electron chi connectivity index (χ0n) is 15.5. The number of hydrogen-bond donors (Lipinski definition) is 2. The lowest BCUT2D eigenvalue weighted by atomic mass is 9.86. The smallest absolute Gasteiger partial charge is 0.240 e. The zero-order valence-corrected chi connectivity index (χ0v) is 17.1. The Labute approximate surface area is 172 Å². The molecule has 1 atom stereocenters. The summed E-state index contributed by atoms with van der Waals surface area (Å²) >= 11 is 6.89. The zero-order chi connectivity index (χ0) is 20.1. The maximum Gasteiger partial charge on any atom is 0.240 e. The van der Waals surface area contributed by atoms with Crippen LogP contribution >= 0.6 is 23.4 Å². The molecule has 0 aromatic heterocycles. The second-order valence-corrected chi connectivity index (χ2v) is 8.56. The third-order valence-corrected chi connectivity index (χ3v) is 6.21. The van der Waals surface area contributed by atoms with Crippen LogP contribution in [0.4, 0.5) is 10.1 Å². The fourth-order valence-electron chi connectivity index (χ4n) is 3.27. The molecule has 1 saturated carbocycles. The molecule has 2 aliphatic rings. The van der Waals surface area contributed by atoms with E-state index >= 15 is 0 Å². The van der Waals surface area contributed by atoms with Crippen molar-refractivity contribution < 1.29 is 14.0 Å². The summed E-state index contributed by atoms with van der Waals surface area (Å²) in [7, 11) is 0. The SMILES string of the molecule is CC(=NN=C1NC(=O)[C@H](CC(=O)Nc2ccc(F)c(Cl)c2)S1)C1CCCCC1. The van der Waals surface area contributed by atoms with Crippen LogP contribution < -0.4 is 10.6 Å². The first-order chi connectivity index (χ1) is 13.4. The Bertz CT molecular complexity index is 824. The number of halogens is 2. The van der Waals surface area contributed by atoms with Crippen LogP contribution in [-0.4, -0.2) is 27.9 Å². The van der Waals surface area contributed by atoms with Crippen molar-refractivity contribution >= 4 is 51.7 Å². The molecule has 0 radical (unpaired) electrons. The van der Waals surface area contributed by atoms with E-state index in [1.807, 2.05) is 6.92 Å². The van der Waals surface area contributed by atoms with Crippen molar-refractivity contribution in [1.82, 2.24) is 5.32 Å². The molecule has 9 heteroatoms. The van der Waals surface area contributed by atoms with Gasteiger partial charge in [0, 0.05) is 17.8 Å². The number of carbonyl (C=O) groups excluding carboxylic acids is 2. The molecule has 0 spiro atoms. The molecule has 150 valence electrons. The van der Waals surface area contributed by atoms with Gasteiger partial charge in [-0.3, -0.25) is 9.59 Å². The lowest BCUT2D eigenvalue weighted by molar-refractivity contribution is -0.122. The number of carbonyl (C=O) groups is 2. The van der Waals surface area contributed by atoms with E-state index in [4.69, 9.17) is 11.6 Å². The van der Waals surface area contributed by atoms with Gasteiger partial charge in [0.1, 0.15) is 11.1 Å². The molecule has 2 N–H and O–H groups in total. The molecular weight excluding hydrogens is 403 g/mol. The van der Waals surface area contributed by atoms with Crippen LogP contribution in [0.3, 0.4) is 0 Å². The predicted molar refractivity (Wildman–Crippen MR) is 111 cm³/mol. The molecule has 0 unspecified atom stereocenters. The van der Waals surface area contributed by atoms with Crippen LogP contribution in [0.5, 0.6) is 0 Å².